The molecule has 0 atom stereocenters. The minimum absolute atomic E-state index is 0. The fourth-order valence-electron chi connectivity index (χ4n) is 2.63. The molecule has 0 bridgehead atoms. The number of carbonyl (C=O) groups is 1. The molecule has 3 aromatic rings. The molecule has 0 aliphatic rings. The number of benzene rings is 1. The predicted octanol–water partition coefficient (Wildman–Crippen LogP) is 2.11. The Morgan fingerprint density at radius 3 is 2.54 bits per heavy atom. The van der Waals surface area contributed by atoms with Gasteiger partial charge in [0, 0.05) is 26.0 Å². The lowest BCUT2D eigenvalue weighted by Gasteiger charge is -2.14. The summed E-state index contributed by atoms with van der Waals surface area (Å²) in [7, 11) is 1.70. The van der Waals surface area contributed by atoms with Crippen molar-refractivity contribution in [2.45, 2.75) is 19.6 Å². The molecule has 148 valence electrons. The number of amides is 1. The van der Waals surface area contributed by atoms with Crippen molar-refractivity contribution >= 4 is 35.8 Å². The molecule has 3 rings (SSSR count). The van der Waals surface area contributed by atoms with Crippen LogP contribution in [0.4, 0.5) is 0 Å². The standard InChI is InChI=1S/C19H22N6O2.HI/c1-21-19(23-12-16-7-8-17(27-16)18(20)26)22-11-14-5-2-3-6-15(14)13-25-10-4-9-24-25;/h2-10H,11-13H2,1H3,(H2,20,26)(H2,21,22,23);1H. The molecule has 8 nitrogen and oxygen atoms in total. The van der Waals surface area contributed by atoms with Crippen LogP contribution in [0.1, 0.15) is 27.4 Å². The number of primary amides is 1. The van der Waals surface area contributed by atoms with Crippen LogP contribution in [-0.2, 0) is 19.6 Å². The van der Waals surface area contributed by atoms with E-state index in [1.54, 1.807) is 25.4 Å². The van der Waals surface area contributed by atoms with Gasteiger partial charge in [-0.3, -0.25) is 14.5 Å². The third-order valence-electron chi connectivity index (χ3n) is 4.01. The van der Waals surface area contributed by atoms with Crippen molar-refractivity contribution < 1.29 is 9.21 Å². The summed E-state index contributed by atoms with van der Waals surface area (Å²) < 4.78 is 7.24. The summed E-state index contributed by atoms with van der Waals surface area (Å²) in [6.07, 6.45) is 3.71. The van der Waals surface area contributed by atoms with Crippen molar-refractivity contribution in [1.82, 2.24) is 20.4 Å². The van der Waals surface area contributed by atoms with E-state index in [-0.39, 0.29) is 29.7 Å². The van der Waals surface area contributed by atoms with E-state index in [0.717, 1.165) is 5.56 Å². The molecule has 0 fully saturated rings. The monoisotopic (exact) mass is 494 g/mol. The maximum Gasteiger partial charge on any atom is 0.284 e. The molecule has 4 N–H and O–H groups in total. The molecule has 0 saturated heterocycles. The Balaban J connectivity index is 0.00000280. The number of aliphatic imine (C=N–C) groups is 1. The molecule has 2 aromatic heterocycles. The van der Waals surface area contributed by atoms with Crippen LogP contribution in [0.2, 0.25) is 0 Å². The molecular weight excluding hydrogens is 471 g/mol. The largest absolute Gasteiger partial charge is 0.454 e. The SMILES string of the molecule is CN=C(NCc1ccc(C(N)=O)o1)NCc1ccccc1Cn1cccn1.I. The number of aromatic nitrogens is 2. The van der Waals surface area contributed by atoms with E-state index in [9.17, 15) is 4.79 Å². The van der Waals surface area contributed by atoms with Gasteiger partial charge in [-0.25, -0.2) is 0 Å². The first-order chi connectivity index (χ1) is 13.2. The van der Waals surface area contributed by atoms with Crippen molar-refractivity contribution in [3.8, 4) is 0 Å². The number of carbonyl (C=O) groups excluding carboxylic acids is 1. The zero-order chi connectivity index (χ0) is 19.1. The van der Waals surface area contributed by atoms with Crippen molar-refractivity contribution in [2.75, 3.05) is 7.05 Å². The predicted molar refractivity (Wildman–Crippen MR) is 117 cm³/mol. The zero-order valence-corrected chi connectivity index (χ0v) is 17.8. The van der Waals surface area contributed by atoms with Gasteiger partial charge < -0.3 is 20.8 Å². The van der Waals surface area contributed by atoms with Gasteiger partial charge in [-0.05, 0) is 29.3 Å². The normalized spacial score (nSPS) is 11.0. The van der Waals surface area contributed by atoms with Gasteiger partial charge in [-0.1, -0.05) is 24.3 Å². The van der Waals surface area contributed by atoms with Crippen molar-refractivity contribution in [3.05, 3.63) is 77.5 Å². The number of hydrogen-bond acceptors (Lipinski definition) is 4. The number of furan rings is 1. The second-order valence-corrected chi connectivity index (χ2v) is 5.88. The lowest BCUT2D eigenvalue weighted by Crippen LogP contribution is -2.36. The zero-order valence-electron chi connectivity index (χ0n) is 15.5. The quantitative estimate of drug-likeness (QED) is 0.265. The highest BCUT2D eigenvalue weighted by molar-refractivity contribution is 14.0. The van der Waals surface area contributed by atoms with E-state index in [1.807, 2.05) is 29.1 Å². The Kier molecular flexibility index (Phi) is 8.05. The minimum Gasteiger partial charge on any atom is -0.454 e. The fourth-order valence-corrected chi connectivity index (χ4v) is 2.63. The maximum absolute atomic E-state index is 11.1. The molecule has 0 aliphatic carbocycles. The number of rotatable bonds is 7. The molecular formula is C19H23IN6O2. The Morgan fingerprint density at radius 2 is 1.89 bits per heavy atom. The summed E-state index contributed by atoms with van der Waals surface area (Å²) in [6.45, 7) is 1.71. The van der Waals surface area contributed by atoms with Gasteiger partial charge in [0.2, 0.25) is 0 Å². The Bertz CT molecular complexity index is 920. The van der Waals surface area contributed by atoms with E-state index in [2.05, 4.69) is 32.9 Å². The lowest BCUT2D eigenvalue weighted by atomic mass is 10.1. The smallest absolute Gasteiger partial charge is 0.284 e. The van der Waals surface area contributed by atoms with Crippen molar-refractivity contribution in [2.24, 2.45) is 10.7 Å². The van der Waals surface area contributed by atoms with Gasteiger partial charge in [-0.2, -0.15) is 5.10 Å². The average Bonchev–Trinajstić information content (AvgIpc) is 3.35. The molecule has 1 amide bonds. The van der Waals surface area contributed by atoms with Crippen molar-refractivity contribution in [3.63, 3.8) is 0 Å². The van der Waals surface area contributed by atoms with E-state index < -0.39 is 5.91 Å². The molecule has 1 aromatic carbocycles. The van der Waals surface area contributed by atoms with Crippen molar-refractivity contribution in [1.29, 1.82) is 0 Å². The molecule has 0 aliphatic heterocycles. The summed E-state index contributed by atoms with van der Waals surface area (Å²) in [5, 5.41) is 10.7. The van der Waals surface area contributed by atoms with Crippen LogP contribution in [0, 0.1) is 0 Å². The molecule has 2 heterocycles. The second kappa shape index (κ2) is 10.5. The number of guanidine groups is 1. The Hall–Kier alpha value is -2.82. The second-order valence-electron chi connectivity index (χ2n) is 5.88. The molecule has 9 heteroatoms. The van der Waals surface area contributed by atoms with Crippen LogP contribution in [0.15, 0.2) is 64.3 Å². The first-order valence-corrected chi connectivity index (χ1v) is 8.53. The van der Waals surface area contributed by atoms with Crippen LogP contribution in [0.5, 0.6) is 0 Å². The summed E-state index contributed by atoms with van der Waals surface area (Å²) >= 11 is 0. The van der Waals surface area contributed by atoms with Crippen LogP contribution in [-0.4, -0.2) is 28.7 Å². The molecule has 0 unspecified atom stereocenters. The minimum atomic E-state index is -0.586. The topological polar surface area (TPSA) is 110 Å². The van der Waals surface area contributed by atoms with Gasteiger partial charge in [0.05, 0.1) is 13.1 Å². The van der Waals surface area contributed by atoms with E-state index >= 15 is 0 Å². The van der Waals surface area contributed by atoms with Gasteiger partial charge >= 0.3 is 0 Å². The van der Waals surface area contributed by atoms with Crippen LogP contribution < -0.4 is 16.4 Å². The fraction of sp³-hybridized carbons (Fsp3) is 0.211. The van der Waals surface area contributed by atoms with Crippen LogP contribution in [0.25, 0.3) is 0 Å². The van der Waals surface area contributed by atoms with E-state index in [1.165, 1.54) is 5.56 Å². The summed E-state index contributed by atoms with van der Waals surface area (Å²) in [4.78, 5) is 15.3. The first kappa shape index (κ1) is 21.5. The highest BCUT2D eigenvalue weighted by atomic mass is 127. The number of nitrogens with one attached hydrogen (secondary N) is 2. The van der Waals surface area contributed by atoms with Gasteiger partial charge in [-0.15, -0.1) is 24.0 Å². The van der Waals surface area contributed by atoms with Gasteiger partial charge in [0.15, 0.2) is 11.7 Å². The molecule has 28 heavy (non-hydrogen) atoms. The Morgan fingerprint density at radius 1 is 1.14 bits per heavy atom. The van der Waals surface area contributed by atoms with Gasteiger partial charge in [0.25, 0.3) is 5.91 Å². The third kappa shape index (κ3) is 5.84. The lowest BCUT2D eigenvalue weighted by molar-refractivity contribution is 0.0972. The van der Waals surface area contributed by atoms with Gasteiger partial charge in [0.1, 0.15) is 5.76 Å². The average molecular weight is 494 g/mol. The number of nitrogens with zero attached hydrogens (tertiary/aromatic N) is 3. The van der Waals surface area contributed by atoms with E-state index in [4.69, 9.17) is 10.2 Å². The maximum atomic E-state index is 11.1. The summed E-state index contributed by atoms with van der Waals surface area (Å²) in [5.41, 5.74) is 7.53. The molecule has 0 radical (unpaired) electrons. The Labute approximate surface area is 180 Å². The molecule has 0 saturated carbocycles. The highest BCUT2D eigenvalue weighted by Crippen LogP contribution is 2.10. The first-order valence-electron chi connectivity index (χ1n) is 8.53. The third-order valence-corrected chi connectivity index (χ3v) is 4.01. The highest BCUT2D eigenvalue weighted by Gasteiger charge is 2.08. The van der Waals surface area contributed by atoms with Crippen LogP contribution in [0.3, 0.4) is 0 Å². The van der Waals surface area contributed by atoms with Crippen LogP contribution >= 0.6 is 24.0 Å². The van der Waals surface area contributed by atoms with E-state index in [0.29, 0.717) is 31.4 Å². The molecule has 0 spiro atoms. The summed E-state index contributed by atoms with van der Waals surface area (Å²) in [6, 6.07) is 13.4. The number of halogens is 1. The number of hydrogen-bond donors (Lipinski definition) is 3. The summed E-state index contributed by atoms with van der Waals surface area (Å²) in [5.74, 6) is 0.784. The number of nitrogens with two attached hydrogens (primary N) is 1.